The van der Waals surface area contributed by atoms with Crippen molar-refractivity contribution < 1.29 is 9.90 Å². The molecular formula is C21H25N5O2. The normalized spacial score (nSPS) is 14.7. The van der Waals surface area contributed by atoms with Crippen LogP contribution in [-0.4, -0.2) is 44.1 Å². The van der Waals surface area contributed by atoms with Crippen molar-refractivity contribution in [3.8, 4) is 0 Å². The van der Waals surface area contributed by atoms with Gasteiger partial charge < -0.3 is 20.3 Å². The van der Waals surface area contributed by atoms with Gasteiger partial charge in [-0.05, 0) is 47.1 Å². The van der Waals surface area contributed by atoms with E-state index in [2.05, 4.69) is 26.3 Å². The molecule has 2 amide bonds. The first-order valence-corrected chi connectivity index (χ1v) is 9.65. The van der Waals surface area contributed by atoms with Gasteiger partial charge in [-0.1, -0.05) is 13.0 Å². The number of aliphatic hydroxyl groups is 1. The summed E-state index contributed by atoms with van der Waals surface area (Å²) < 4.78 is 0. The third-order valence-electron chi connectivity index (χ3n) is 5.19. The van der Waals surface area contributed by atoms with Crippen LogP contribution in [0.5, 0.6) is 0 Å². The molecule has 3 aromatic rings. The number of aliphatic hydroxyl groups excluding tert-OH is 1. The molecule has 3 heterocycles. The number of fused-ring (bicyclic) bond motifs is 2. The van der Waals surface area contributed by atoms with Gasteiger partial charge in [0.15, 0.2) is 0 Å². The highest BCUT2D eigenvalue weighted by Crippen LogP contribution is 2.18. The molecule has 0 saturated heterocycles. The van der Waals surface area contributed by atoms with E-state index < -0.39 is 0 Å². The second-order valence-electron chi connectivity index (χ2n) is 7.48. The molecule has 7 heteroatoms. The minimum atomic E-state index is -0.0799. The summed E-state index contributed by atoms with van der Waals surface area (Å²) >= 11 is 0. The fourth-order valence-electron chi connectivity index (χ4n) is 3.49. The number of carbonyl (C=O) groups is 1. The molecule has 0 bridgehead atoms. The smallest absolute Gasteiger partial charge is 0.318 e. The van der Waals surface area contributed by atoms with E-state index in [1.807, 2.05) is 37.5 Å². The van der Waals surface area contributed by atoms with E-state index in [0.29, 0.717) is 26.1 Å². The first-order chi connectivity index (χ1) is 13.6. The Morgan fingerprint density at radius 2 is 2.29 bits per heavy atom. The van der Waals surface area contributed by atoms with Crippen molar-refractivity contribution in [2.45, 2.75) is 32.9 Å². The lowest BCUT2D eigenvalue weighted by atomic mass is 10.1. The average Bonchev–Trinajstić information content (AvgIpc) is 3.19. The minimum Gasteiger partial charge on any atom is -0.396 e. The molecule has 1 aliphatic heterocycles. The van der Waals surface area contributed by atoms with Crippen LogP contribution < -0.4 is 5.32 Å². The third kappa shape index (κ3) is 3.99. The van der Waals surface area contributed by atoms with E-state index >= 15 is 0 Å². The zero-order valence-electron chi connectivity index (χ0n) is 16.0. The second kappa shape index (κ2) is 7.98. The van der Waals surface area contributed by atoms with Crippen LogP contribution in [0.25, 0.3) is 10.9 Å². The molecule has 7 nitrogen and oxygen atoms in total. The molecule has 0 fully saturated rings. The lowest BCUT2D eigenvalue weighted by Crippen LogP contribution is -2.42. The monoisotopic (exact) mass is 379 g/mol. The van der Waals surface area contributed by atoms with E-state index in [-0.39, 0.29) is 18.6 Å². The Kier molecular flexibility index (Phi) is 5.25. The van der Waals surface area contributed by atoms with Gasteiger partial charge in [-0.2, -0.15) is 0 Å². The van der Waals surface area contributed by atoms with Crippen molar-refractivity contribution in [3.63, 3.8) is 0 Å². The molecule has 0 unspecified atom stereocenters. The molecule has 2 aromatic heterocycles. The molecular weight excluding hydrogens is 354 g/mol. The standard InChI is InChI=1S/C21H25N5O2/c1-14(13-27)8-20-23-11-17-5-7-26(12-19(17)25-20)21(28)24-10-15-2-3-18-16(9-15)4-6-22-18/h2-4,6,9,11,14,22,27H,5,7-8,10,12-13H2,1H3,(H,24,28)/t14-/m1/s1. The number of rotatable bonds is 5. The number of nitrogens with one attached hydrogen (secondary N) is 2. The van der Waals surface area contributed by atoms with Gasteiger partial charge in [-0.3, -0.25) is 0 Å². The molecule has 1 aromatic carbocycles. The Morgan fingerprint density at radius 3 is 3.14 bits per heavy atom. The van der Waals surface area contributed by atoms with Crippen molar-refractivity contribution >= 4 is 16.9 Å². The Hall–Kier alpha value is -2.93. The van der Waals surface area contributed by atoms with Crippen LogP contribution in [0.2, 0.25) is 0 Å². The zero-order valence-corrected chi connectivity index (χ0v) is 16.0. The summed E-state index contributed by atoms with van der Waals surface area (Å²) in [5.74, 6) is 0.848. The van der Waals surface area contributed by atoms with Gasteiger partial charge in [0.05, 0.1) is 12.2 Å². The van der Waals surface area contributed by atoms with Crippen molar-refractivity contribution in [3.05, 3.63) is 59.3 Å². The van der Waals surface area contributed by atoms with Crippen LogP contribution in [0, 0.1) is 5.92 Å². The fourth-order valence-corrected chi connectivity index (χ4v) is 3.49. The van der Waals surface area contributed by atoms with Gasteiger partial charge in [-0.15, -0.1) is 0 Å². The Labute approximate surface area is 163 Å². The van der Waals surface area contributed by atoms with Crippen LogP contribution in [0.1, 0.15) is 29.6 Å². The Morgan fingerprint density at radius 1 is 1.39 bits per heavy atom. The maximum Gasteiger partial charge on any atom is 0.318 e. The van der Waals surface area contributed by atoms with Crippen molar-refractivity contribution in [1.29, 1.82) is 0 Å². The summed E-state index contributed by atoms with van der Waals surface area (Å²) in [6.07, 6.45) is 5.17. The first kappa shape index (κ1) is 18.4. The highest BCUT2D eigenvalue weighted by atomic mass is 16.3. The number of nitrogens with zero attached hydrogens (tertiary/aromatic N) is 3. The van der Waals surface area contributed by atoms with Crippen molar-refractivity contribution in [2.24, 2.45) is 5.92 Å². The van der Waals surface area contributed by atoms with E-state index in [1.165, 1.54) is 0 Å². The molecule has 28 heavy (non-hydrogen) atoms. The molecule has 146 valence electrons. The van der Waals surface area contributed by atoms with Crippen molar-refractivity contribution in [2.75, 3.05) is 13.2 Å². The number of aromatic amines is 1. The predicted molar refractivity (Wildman–Crippen MR) is 107 cm³/mol. The molecule has 0 radical (unpaired) electrons. The summed E-state index contributed by atoms with van der Waals surface area (Å²) in [4.78, 5) is 26.6. The van der Waals surface area contributed by atoms with Crippen LogP contribution >= 0.6 is 0 Å². The molecule has 4 rings (SSSR count). The molecule has 0 saturated carbocycles. The number of benzene rings is 1. The van der Waals surface area contributed by atoms with Crippen LogP contribution in [0.4, 0.5) is 4.79 Å². The quantitative estimate of drug-likeness (QED) is 0.634. The number of urea groups is 1. The van der Waals surface area contributed by atoms with Crippen LogP contribution in [0.3, 0.4) is 0 Å². The van der Waals surface area contributed by atoms with E-state index in [0.717, 1.165) is 40.0 Å². The van der Waals surface area contributed by atoms with Crippen LogP contribution in [-0.2, 0) is 25.9 Å². The maximum atomic E-state index is 12.6. The second-order valence-corrected chi connectivity index (χ2v) is 7.48. The average molecular weight is 379 g/mol. The summed E-state index contributed by atoms with van der Waals surface area (Å²) in [6.45, 7) is 3.72. The number of amides is 2. The summed E-state index contributed by atoms with van der Waals surface area (Å²) in [7, 11) is 0. The highest BCUT2D eigenvalue weighted by molar-refractivity contribution is 5.80. The van der Waals surface area contributed by atoms with Gasteiger partial charge in [0.25, 0.3) is 0 Å². The third-order valence-corrected chi connectivity index (χ3v) is 5.19. The van der Waals surface area contributed by atoms with Gasteiger partial charge in [0.2, 0.25) is 0 Å². The number of hydrogen-bond acceptors (Lipinski definition) is 4. The number of H-pyrrole nitrogens is 1. The van der Waals surface area contributed by atoms with Gasteiger partial charge in [0, 0.05) is 44.0 Å². The molecule has 1 aliphatic rings. The van der Waals surface area contributed by atoms with E-state index in [9.17, 15) is 9.90 Å². The predicted octanol–water partition coefficient (Wildman–Crippen LogP) is 2.40. The lowest BCUT2D eigenvalue weighted by Gasteiger charge is -2.28. The molecule has 3 N–H and O–H groups in total. The van der Waals surface area contributed by atoms with Gasteiger partial charge >= 0.3 is 6.03 Å². The Balaban J connectivity index is 1.38. The van der Waals surface area contributed by atoms with E-state index in [1.54, 1.807) is 4.90 Å². The lowest BCUT2D eigenvalue weighted by molar-refractivity contribution is 0.190. The summed E-state index contributed by atoms with van der Waals surface area (Å²) in [6, 6.07) is 8.08. The number of carbonyl (C=O) groups excluding carboxylic acids is 1. The number of aromatic nitrogens is 3. The molecule has 0 aliphatic carbocycles. The van der Waals surface area contributed by atoms with E-state index in [4.69, 9.17) is 0 Å². The topological polar surface area (TPSA) is 94.1 Å². The molecule has 0 spiro atoms. The fraction of sp³-hybridized carbons (Fsp3) is 0.381. The molecule has 1 atom stereocenters. The minimum absolute atomic E-state index is 0.0799. The first-order valence-electron chi connectivity index (χ1n) is 9.65. The zero-order chi connectivity index (χ0) is 19.5. The van der Waals surface area contributed by atoms with Gasteiger partial charge in [0.1, 0.15) is 5.82 Å². The SMILES string of the molecule is C[C@@H](CO)Cc1ncc2c(n1)CN(C(=O)NCc1ccc3[nH]ccc3c1)CC2. The van der Waals surface area contributed by atoms with Crippen molar-refractivity contribution in [1.82, 2.24) is 25.2 Å². The highest BCUT2D eigenvalue weighted by Gasteiger charge is 2.22. The van der Waals surface area contributed by atoms with Crippen LogP contribution in [0.15, 0.2) is 36.7 Å². The summed E-state index contributed by atoms with van der Waals surface area (Å²) in [5, 5.41) is 13.4. The maximum absolute atomic E-state index is 12.6. The number of hydrogen-bond donors (Lipinski definition) is 3. The Bertz CT molecular complexity index is 984. The van der Waals surface area contributed by atoms with Gasteiger partial charge in [-0.25, -0.2) is 14.8 Å². The largest absolute Gasteiger partial charge is 0.396 e. The summed E-state index contributed by atoms with van der Waals surface area (Å²) in [5.41, 5.74) is 4.17.